The number of rotatable bonds is 6. The average molecular weight is 446 g/mol. The topological polar surface area (TPSA) is 98.7 Å². The zero-order valence-electron chi connectivity index (χ0n) is 18.3. The number of hydrogen-bond acceptors (Lipinski definition) is 8. The molecule has 0 aliphatic heterocycles. The number of nitrogens with one attached hydrogen (secondary N) is 1. The standard InChI is InChI=1S/C22H23N9S/c1-13(2)21-14(3)32-20(27-21)12-19-29-28-18-11-15(7-10-31(18)19)16-5-8-23-22(25-16)26-17-6-9-24-30(17)4/h5-11,13H,12H2,1-4H3,(H,23,25,26). The van der Waals surface area contributed by atoms with Crippen LogP contribution in [-0.4, -0.2) is 39.3 Å². The third-order valence-corrected chi connectivity index (χ3v) is 6.21. The Hall–Kier alpha value is -3.66. The summed E-state index contributed by atoms with van der Waals surface area (Å²) in [6, 6.07) is 7.75. The van der Waals surface area contributed by atoms with Gasteiger partial charge < -0.3 is 5.32 Å². The average Bonchev–Trinajstić information content (AvgIpc) is 3.47. The lowest BCUT2D eigenvalue weighted by atomic mass is 10.1. The molecule has 0 aliphatic rings. The van der Waals surface area contributed by atoms with Crippen molar-refractivity contribution in [3.05, 3.63) is 64.3 Å². The van der Waals surface area contributed by atoms with E-state index in [0.717, 1.165) is 33.6 Å². The fourth-order valence-corrected chi connectivity index (χ4v) is 4.71. The molecule has 0 aliphatic carbocycles. The molecular weight excluding hydrogens is 422 g/mol. The Morgan fingerprint density at radius 2 is 1.97 bits per heavy atom. The third-order valence-electron chi connectivity index (χ3n) is 5.23. The van der Waals surface area contributed by atoms with E-state index in [1.807, 2.05) is 41.9 Å². The highest BCUT2D eigenvalue weighted by molar-refractivity contribution is 7.11. The third kappa shape index (κ3) is 3.84. The summed E-state index contributed by atoms with van der Waals surface area (Å²) in [4.78, 5) is 15.0. The molecule has 0 bridgehead atoms. The lowest BCUT2D eigenvalue weighted by molar-refractivity contribution is 0.775. The molecule has 0 saturated heterocycles. The highest BCUT2D eigenvalue weighted by Gasteiger charge is 2.15. The number of nitrogens with zero attached hydrogens (tertiary/aromatic N) is 8. The first kappa shape index (κ1) is 20.3. The van der Waals surface area contributed by atoms with Gasteiger partial charge in [0.25, 0.3) is 0 Å². The first-order chi connectivity index (χ1) is 15.5. The van der Waals surface area contributed by atoms with Crippen LogP contribution >= 0.6 is 11.3 Å². The molecule has 32 heavy (non-hydrogen) atoms. The van der Waals surface area contributed by atoms with E-state index in [1.54, 1.807) is 28.4 Å². The Kier molecular flexibility index (Phi) is 5.14. The molecule has 5 rings (SSSR count). The maximum atomic E-state index is 4.81. The van der Waals surface area contributed by atoms with Crippen molar-refractivity contribution in [3.63, 3.8) is 0 Å². The minimum atomic E-state index is 0.419. The summed E-state index contributed by atoms with van der Waals surface area (Å²) in [6.07, 6.45) is 6.10. The molecule has 0 atom stereocenters. The van der Waals surface area contributed by atoms with Crippen LogP contribution in [0.1, 0.15) is 41.2 Å². The van der Waals surface area contributed by atoms with Gasteiger partial charge in [0.1, 0.15) is 16.6 Å². The van der Waals surface area contributed by atoms with Crippen LogP contribution in [0.4, 0.5) is 11.8 Å². The molecule has 10 heteroatoms. The molecule has 9 nitrogen and oxygen atoms in total. The van der Waals surface area contributed by atoms with E-state index >= 15 is 0 Å². The molecule has 5 aromatic rings. The van der Waals surface area contributed by atoms with Gasteiger partial charge in [-0.1, -0.05) is 13.8 Å². The number of aromatic nitrogens is 8. The van der Waals surface area contributed by atoms with Crippen LogP contribution in [0.5, 0.6) is 0 Å². The lowest BCUT2D eigenvalue weighted by Gasteiger charge is -2.07. The number of thiazole rings is 1. The Morgan fingerprint density at radius 1 is 1.09 bits per heavy atom. The highest BCUT2D eigenvalue weighted by Crippen LogP contribution is 2.26. The molecule has 0 unspecified atom stereocenters. The van der Waals surface area contributed by atoms with Crippen molar-refractivity contribution in [2.24, 2.45) is 7.05 Å². The van der Waals surface area contributed by atoms with Gasteiger partial charge in [-0.25, -0.2) is 15.0 Å². The monoisotopic (exact) mass is 445 g/mol. The smallest absolute Gasteiger partial charge is 0.228 e. The SMILES string of the molecule is Cc1sc(Cc2nnc3cc(-c4ccnc(Nc5ccnn5C)n4)ccn23)nc1C(C)C. The molecular formula is C22H23N9S. The van der Waals surface area contributed by atoms with Crippen LogP contribution in [0.2, 0.25) is 0 Å². The van der Waals surface area contributed by atoms with Gasteiger partial charge in [0, 0.05) is 35.9 Å². The molecule has 0 saturated carbocycles. The van der Waals surface area contributed by atoms with Crippen molar-refractivity contribution in [2.45, 2.75) is 33.1 Å². The van der Waals surface area contributed by atoms with Crippen LogP contribution in [0.15, 0.2) is 42.9 Å². The van der Waals surface area contributed by atoms with Crippen molar-refractivity contribution >= 4 is 28.8 Å². The fraction of sp³-hybridized carbons (Fsp3) is 0.273. The van der Waals surface area contributed by atoms with E-state index in [2.05, 4.69) is 51.4 Å². The van der Waals surface area contributed by atoms with Crippen molar-refractivity contribution in [1.29, 1.82) is 0 Å². The Balaban J connectivity index is 1.41. The predicted octanol–water partition coefficient (Wildman–Crippen LogP) is 4.14. The molecule has 0 fully saturated rings. The fourth-order valence-electron chi connectivity index (χ4n) is 3.62. The minimum Gasteiger partial charge on any atom is -0.309 e. The van der Waals surface area contributed by atoms with Crippen molar-refractivity contribution in [2.75, 3.05) is 5.32 Å². The Labute approximate surface area is 189 Å². The summed E-state index contributed by atoms with van der Waals surface area (Å²) in [5.41, 5.74) is 3.68. The predicted molar refractivity (Wildman–Crippen MR) is 124 cm³/mol. The molecule has 0 spiro atoms. The Morgan fingerprint density at radius 3 is 2.72 bits per heavy atom. The quantitative estimate of drug-likeness (QED) is 0.419. The van der Waals surface area contributed by atoms with Crippen molar-refractivity contribution in [3.8, 4) is 11.3 Å². The number of aryl methyl sites for hydroxylation is 2. The number of anilines is 2. The van der Waals surface area contributed by atoms with E-state index < -0.39 is 0 Å². The minimum absolute atomic E-state index is 0.419. The molecule has 0 amide bonds. The zero-order valence-corrected chi connectivity index (χ0v) is 19.1. The summed E-state index contributed by atoms with van der Waals surface area (Å²) >= 11 is 1.73. The van der Waals surface area contributed by atoms with Gasteiger partial charge in [0.05, 0.1) is 24.0 Å². The summed E-state index contributed by atoms with van der Waals surface area (Å²) in [7, 11) is 1.86. The molecule has 5 heterocycles. The summed E-state index contributed by atoms with van der Waals surface area (Å²) < 4.78 is 3.74. The van der Waals surface area contributed by atoms with Gasteiger partial charge in [0.2, 0.25) is 5.95 Å². The molecule has 5 aromatic heterocycles. The highest BCUT2D eigenvalue weighted by atomic mass is 32.1. The van der Waals surface area contributed by atoms with Crippen LogP contribution in [0.3, 0.4) is 0 Å². The molecule has 1 N–H and O–H groups in total. The maximum Gasteiger partial charge on any atom is 0.228 e. The lowest BCUT2D eigenvalue weighted by Crippen LogP contribution is -2.03. The second kappa shape index (κ2) is 8.12. The van der Waals surface area contributed by atoms with Crippen LogP contribution in [0.25, 0.3) is 16.9 Å². The van der Waals surface area contributed by atoms with Gasteiger partial charge in [-0.05, 0) is 31.0 Å². The van der Waals surface area contributed by atoms with Gasteiger partial charge >= 0.3 is 0 Å². The van der Waals surface area contributed by atoms with Gasteiger partial charge in [-0.3, -0.25) is 9.08 Å². The van der Waals surface area contributed by atoms with Crippen LogP contribution in [0, 0.1) is 6.92 Å². The van der Waals surface area contributed by atoms with Crippen molar-refractivity contribution in [1.82, 2.24) is 39.3 Å². The number of fused-ring (bicyclic) bond motifs is 1. The van der Waals surface area contributed by atoms with E-state index in [-0.39, 0.29) is 0 Å². The summed E-state index contributed by atoms with van der Waals surface area (Å²) in [5.74, 6) is 2.62. The van der Waals surface area contributed by atoms with Gasteiger partial charge in [0.15, 0.2) is 5.65 Å². The number of pyridine rings is 1. The van der Waals surface area contributed by atoms with Gasteiger partial charge in [-0.15, -0.1) is 21.5 Å². The van der Waals surface area contributed by atoms with E-state index in [9.17, 15) is 0 Å². The first-order valence-electron chi connectivity index (χ1n) is 10.4. The Bertz CT molecular complexity index is 1400. The second-order valence-corrected chi connectivity index (χ2v) is 9.16. The van der Waals surface area contributed by atoms with Crippen LogP contribution in [-0.2, 0) is 13.5 Å². The maximum absolute atomic E-state index is 4.81. The molecule has 162 valence electrons. The van der Waals surface area contributed by atoms with E-state index in [4.69, 9.17) is 4.98 Å². The first-order valence-corrected chi connectivity index (χ1v) is 11.2. The van der Waals surface area contributed by atoms with E-state index in [0.29, 0.717) is 18.3 Å². The summed E-state index contributed by atoms with van der Waals surface area (Å²) in [6.45, 7) is 6.47. The number of hydrogen-bond donors (Lipinski definition) is 1. The molecule has 0 radical (unpaired) electrons. The normalized spacial score (nSPS) is 11.5. The van der Waals surface area contributed by atoms with Gasteiger partial charge in [-0.2, -0.15) is 5.10 Å². The zero-order chi connectivity index (χ0) is 22.2. The largest absolute Gasteiger partial charge is 0.309 e. The summed E-state index contributed by atoms with van der Waals surface area (Å²) in [5, 5.41) is 17.2. The second-order valence-electron chi connectivity index (χ2n) is 7.87. The van der Waals surface area contributed by atoms with E-state index in [1.165, 1.54) is 10.6 Å². The van der Waals surface area contributed by atoms with Crippen molar-refractivity contribution < 1.29 is 0 Å². The van der Waals surface area contributed by atoms with Crippen LogP contribution < -0.4 is 5.32 Å². The molecule has 0 aromatic carbocycles.